The molecule has 0 saturated carbocycles. The van der Waals surface area contributed by atoms with Gasteiger partial charge < -0.3 is 14.3 Å². The molecule has 0 fully saturated rings. The van der Waals surface area contributed by atoms with Crippen LogP contribution < -0.4 is 4.74 Å². The van der Waals surface area contributed by atoms with E-state index in [1.54, 1.807) is 6.07 Å². The summed E-state index contributed by atoms with van der Waals surface area (Å²) in [5, 5.41) is 19.9. The second-order valence-corrected chi connectivity index (χ2v) is 8.97. The fraction of sp³-hybridized carbons (Fsp3) is 0.533. The summed E-state index contributed by atoms with van der Waals surface area (Å²) in [6, 6.07) is 4.53. The number of nitro benzene ring substituents is 1. The first-order valence-corrected chi connectivity index (χ1v) is 10.1. The van der Waals surface area contributed by atoms with Gasteiger partial charge in [0.15, 0.2) is 21.4 Å². The van der Waals surface area contributed by atoms with Gasteiger partial charge in [-0.3, -0.25) is 10.1 Å². The molecule has 0 saturated heterocycles. The van der Waals surface area contributed by atoms with Crippen molar-refractivity contribution in [1.29, 1.82) is 0 Å². The van der Waals surface area contributed by atoms with Gasteiger partial charge in [-0.15, -0.1) is 0 Å². The SMILES string of the molecule is C[SiH](C)O[C@@H](c1ccc(OCC(=O)O)c([N+](=O)[O-])c1)C(C)(C)C. The summed E-state index contributed by atoms with van der Waals surface area (Å²) in [5.74, 6) is -1.25. The van der Waals surface area contributed by atoms with E-state index in [0.717, 1.165) is 0 Å². The summed E-state index contributed by atoms with van der Waals surface area (Å²) >= 11 is 0. The zero-order valence-corrected chi connectivity index (χ0v) is 15.2. The molecule has 128 valence electrons. The number of carbonyl (C=O) groups is 1. The average Bonchev–Trinajstić information content (AvgIpc) is 2.41. The van der Waals surface area contributed by atoms with Gasteiger partial charge >= 0.3 is 11.7 Å². The van der Waals surface area contributed by atoms with Crippen LogP contribution >= 0.6 is 0 Å². The Kier molecular flexibility index (Phi) is 6.28. The molecule has 0 radical (unpaired) electrons. The highest BCUT2D eigenvalue weighted by Crippen LogP contribution is 2.39. The van der Waals surface area contributed by atoms with E-state index < -0.39 is 26.5 Å². The van der Waals surface area contributed by atoms with E-state index in [2.05, 4.69) is 0 Å². The topological polar surface area (TPSA) is 98.9 Å². The van der Waals surface area contributed by atoms with E-state index in [1.165, 1.54) is 12.1 Å². The van der Waals surface area contributed by atoms with Crippen molar-refractivity contribution in [3.8, 4) is 5.75 Å². The van der Waals surface area contributed by atoms with E-state index >= 15 is 0 Å². The zero-order valence-electron chi connectivity index (χ0n) is 14.0. The summed E-state index contributed by atoms with van der Waals surface area (Å²) in [4.78, 5) is 21.3. The van der Waals surface area contributed by atoms with Crippen molar-refractivity contribution in [2.45, 2.75) is 40.0 Å². The molecule has 7 nitrogen and oxygen atoms in total. The maximum atomic E-state index is 11.3. The summed E-state index contributed by atoms with van der Waals surface area (Å²) in [5.41, 5.74) is 0.203. The Bertz CT molecular complexity index is 582. The molecular formula is C15H23NO6Si. The highest BCUT2D eigenvalue weighted by molar-refractivity contribution is 6.48. The first kappa shape index (κ1) is 19.1. The Morgan fingerprint density at radius 3 is 2.43 bits per heavy atom. The normalized spacial score (nSPS) is 13.0. The van der Waals surface area contributed by atoms with Crippen LogP contribution in [0, 0.1) is 15.5 Å². The van der Waals surface area contributed by atoms with Gasteiger partial charge in [0.05, 0.1) is 11.0 Å². The molecule has 8 heteroatoms. The molecule has 1 N–H and O–H groups in total. The fourth-order valence-corrected chi connectivity index (χ4v) is 3.27. The van der Waals surface area contributed by atoms with E-state index in [9.17, 15) is 14.9 Å². The molecule has 0 heterocycles. The minimum atomic E-state index is -1.36. The maximum absolute atomic E-state index is 11.3. The first-order valence-electron chi connectivity index (χ1n) is 7.30. The van der Waals surface area contributed by atoms with Crippen LogP contribution in [0.25, 0.3) is 0 Å². The van der Waals surface area contributed by atoms with E-state index in [-0.39, 0.29) is 23.0 Å². The molecular weight excluding hydrogens is 318 g/mol. The molecule has 0 spiro atoms. The lowest BCUT2D eigenvalue weighted by atomic mass is 9.84. The van der Waals surface area contributed by atoms with Crippen LogP contribution in [0.3, 0.4) is 0 Å². The monoisotopic (exact) mass is 341 g/mol. The third kappa shape index (κ3) is 5.64. The van der Waals surface area contributed by atoms with Gasteiger partial charge in [0, 0.05) is 6.07 Å². The molecule has 1 atom stereocenters. The molecule has 0 aliphatic carbocycles. The number of aliphatic carboxylic acids is 1. The molecule has 1 aromatic carbocycles. The van der Waals surface area contributed by atoms with Crippen LogP contribution in [0.4, 0.5) is 5.69 Å². The molecule has 1 aromatic rings. The predicted molar refractivity (Wildman–Crippen MR) is 88.4 cm³/mol. The molecule has 0 amide bonds. The smallest absolute Gasteiger partial charge is 0.341 e. The van der Waals surface area contributed by atoms with Crippen LogP contribution in [0.5, 0.6) is 5.75 Å². The fourth-order valence-electron chi connectivity index (χ4n) is 2.16. The second-order valence-electron chi connectivity index (χ2n) is 6.60. The Hall–Kier alpha value is -1.93. The van der Waals surface area contributed by atoms with Gasteiger partial charge in [0.2, 0.25) is 0 Å². The summed E-state index contributed by atoms with van der Waals surface area (Å²) in [6.45, 7) is 9.48. The lowest BCUT2D eigenvalue weighted by Gasteiger charge is -2.33. The first-order chi connectivity index (χ1) is 10.5. The standard InChI is InChI=1S/C15H23NO6Si/c1-15(2,3)14(22-23(4)5)10-6-7-12(21-9-13(17)18)11(8-10)16(19)20/h6-8,14,23H,9H2,1-5H3,(H,17,18)/t14-/m0/s1. The van der Waals surface area contributed by atoms with Gasteiger partial charge in [-0.1, -0.05) is 26.8 Å². The number of benzene rings is 1. The maximum Gasteiger partial charge on any atom is 0.341 e. The lowest BCUT2D eigenvalue weighted by Crippen LogP contribution is -2.26. The van der Waals surface area contributed by atoms with E-state index in [4.69, 9.17) is 14.3 Å². The third-order valence-corrected chi connectivity index (χ3v) is 3.84. The van der Waals surface area contributed by atoms with Crippen molar-refractivity contribution >= 4 is 20.7 Å². The Morgan fingerprint density at radius 2 is 2.00 bits per heavy atom. The minimum Gasteiger partial charge on any atom is -0.479 e. The van der Waals surface area contributed by atoms with Crippen molar-refractivity contribution in [2.75, 3.05) is 6.61 Å². The average molecular weight is 341 g/mol. The van der Waals surface area contributed by atoms with Gasteiger partial charge in [0.1, 0.15) is 0 Å². The largest absolute Gasteiger partial charge is 0.479 e. The number of rotatable bonds is 7. The van der Waals surface area contributed by atoms with Gasteiger partial charge in [-0.2, -0.15) is 0 Å². The van der Waals surface area contributed by atoms with Crippen LogP contribution in [0.2, 0.25) is 13.1 Å². The summed E-state index contributed by atoms with van der Waals surface area (Å²) in [6.07, 6.45) is -0.276. The molecule has 0 bridgehead atoms. The van der Waals surface area contributed by atoms with Gasteiger partial charge in [-0.05, 0) is 30.1 Å². The lowest BCUT2D eigenvalue weighted by molar-refractivity contribution is -0.385. The van der Waals surface area contributed by atoms with Gasteiger partial charge in [0.25, 0.3) is 0 Å². The highest BCUT2D eigenvalue weighted by Gasteiger charge is 2.30. The molecule has 0 aliphatic rings. The number of carboxylic acids is 1. The second kappa shape index (κ2) is 7.56. The number of nitrogens with zero attached hydrogens (tertiary/aromatic N) is 1. The van der Waals surface area contributed by atoms with Crippen molar-refractivity contribution in [1.82, 2.24) is 0 Å². The third-order valence-electron chi connectivity index (χ3n) is 3.03. The number of carboxylic acid groups (broad SMARTS) is 1. The Morgan fingerprint density at radius 1 is 1.39 bits per heavy atom. The van der Waals surface area contributed by atoms with E-state index in [1.807, 2.05) is 33.9 Å². The summed E-state index contributed by atoms with van der Waals surface area (Å²) < 4.78 is 11.0. The Labute approximate surface area is 137 Å². The van der Waals surface area contributed by atoms with Crippen LogP contribution in [0.15, 0.2) is 18.2 Å². The Balaban J connectivity index is 3.23. The van der Waals surface area contributed by atoms with Crippen molar-refractivity contribution in [3.63, 3.8) is 0 Å². The number of hydrogen-bond donors (Lipinski definition) is 1. The molecule has 23 heavy (non-hydrogen) atoms. The number of ether oxygens (including phenoxy) is 1. The van der Waals surface area contributed by atoms with Gasteiger partial charge in [-0.25, -0.2) is 4.79 Å². The molecule has 0 aromatic heterocycles. The van der Waals surface area contributed by atoms with Crippen LogP contribution in [0.1, 0.15) is 32.4 Å². The molecule has 0 unspecified atom stereocenters. The molecule has 0 aliphatic heterocycles. The highest BCUT2D eigenvalue weighted by atomic mass is 28.3. The predicted octanol–water partition coefficient (Wildman–Crippen LogP) is 3.15. The summed E-state index contributed by atoms with van der Waals surface area (Å²) in [7, 11) is -1.36. The number of nitro groups is 1. The quantitative estimate of drug-likeness (QED) is 0.465. The zero-order chi connectivity index (χ0) is 17.8. The molecule has 1 rings (SSSR count). The number of hydrogen-bond acceptors (Lipinski definition) is 5. The van der Waals surface area contributed by atoms with Crippen LogP contribution in [-0.2, 0) is 9.22 Å². The van der Waals surface area contributed by atoms with E-state index in [0.29, 0.717) is 5.56 Å². The van der Waals surface area contributed by atoms with Crippen LogP contribution in [-0.4, -0.2) is 31.6 Å². The van der Waals surface area contributed by atoms with Crippen molar-refractivity contribution in [2.24, 2.45) is 5.41 Å². The minimum absolute atomic E-state index is 0.0596. The van der Waals surface area contributed by atoms with Crippen molar-refractivity contribution < 1.29 is 24.0 Å². The van der Waals surface area contributed by atoms with Crippen molar-refractivity contribution in [3.05, 3.63) is 33.9 Å².